The zero-order chi connectivity index (χ0) is 14.0. The lowest BCUT2D eigenvalue weighted by atomic mass is 10.0. The average Bonchev–Trinajstić information content (AvgIpc) is 2.85. The molecule has 0 atom stereocenters. The van der Waals surface area contributed by atoms with Gasteiger partial charge in [0.05, 0.1) is 5.54 Å². The number of nitrogens with two attached hydrogens (primary N) is 1. The fourth-order valence-electron chi connectivity index (χ4n) is 1.89. The van der Waals surface area contributed by atoms with Gasteiger partial charge in [0.2, 0.25) is 0 Å². The molecule has 3 nitrogen and oxygen atoms in total. The van der Waals surface area contributed by atoms with Crippen molar-refractivity contribution in [2.24, 2.45) is 5.73 Å². The Morgan fingerprint density at radius 3 is 2.74 bits per heavy atom. The summed E-state index contributed by atoms with van der Waals surface area (Å²) in [5, 5.41) is 6.48. The third-order valence-electron chi connectivity index (χ3n) is 2.85. The normalized spacial score (nSPS) is 11.3. The largest absolute Gasteiger partial charge is 0.389 e. The van der Waals surface area contributed by atoms with Crippen LogP contribution in [0.15, 0.2) is 29.8 Å². The van der Waals surface area contributed by atoms with Crippen LogP contribution in [-0.4, -0.2) is 9.97 Å². The van der Waals surface area contributed by atoms with Gasteiger partial charge in [0, 0.05) is 22.8 Å². The molecule has 0 unspecified atom stereocenters. The molecule has 100 valence electrons. The van der Waals surface area contributed by atoms with Crippen LogP contribution < -0.4 is 11.1 Å². The van der Waals surface area contributed by atoms with Gasteiger partial charge in [0.15, 0.2) is 0 Å². The maximum Gasteiger partial charge on any atom is 0.117 e. The van der Waals surface area contributed by atoms with Gasteiger partial charge in [0.1, 0.15) is 10.00 Å². The maximum absolute atomic E-state index is 5.80. The summed E-state index contributed by atoms with van der Waals surface area (Å²) in [6.45, 7) is 6.21. The minimum Gasteiger partial charge on any atom is -0.389 e. The van der Waals surface area contributed by atoms with Crippen LogP contribution in [0.25, 0.3) is 0 Å². The van der Waals surface area contributed by atoms with Crippen molar-refractivity contribution in [3.8, 4) is 0 Å². The van der Waals surface area contributed by atoms with Crippen molar-refractivity contribution in [1.29, 1.82) is 0 Å². The first-order valence-corrected chi connectivity index (χ1v) is 7.27. The number of nitrogens with zero attached hydrogens (tertiary/aromatic N) is 1. The second-order valence-electron chi connectivity index (χ2n) is 5.00. The Hall–Kier alpha value is -1.46. The molecular weight excluding hydrogens is 274 g/mol. The number of anilines is 1. The van der Waals surface area contributed by atoms with E-state index < -0.39 is 0 Å². The van der Waals surface area contributed by atoms with E-state index in [1.54, 1.807) is 11.3 Å². The predicted molar refractivity (Wildman–Crippen MR) is 85.8 cm³/mol. The predicted octanol–water partition coefficient (Wildman–Crippen LogP) is 3.43. The Morgan fingerprint density at radius 1 is 1.42 bits per heavy atom. The summed E-state index contributed by atoms with van der Waals surface area (Å²) in [4.78, 5) is 4.77. The minimum atomic E-state index is -0.261. The van der Waals surface area contributed by atoms with E-state index in [0.717, 1.165) is 21.8 Å². The van der Waals surface area contributed by atoms with Crippen molar-refractivity contribution in [1.82, 2.24) is 4.98 Å². The van der Waals surface area contributed by atoms with Crippen molar-refractivity contribution < 1.29 is 0 Å². The average molecular weight is 291 g/mol. The van der Waals surface area contributed by atoms with Gasteiger partial charge in [-0.1, -0.05) is 23.8 Å². The van der Waals surface area contributed by atoms with Crippen LogP contribution >= 0.6 is 23.6 Å². The summed E-state index contributed by atoms with van der Waals surface area (Å²) >= 11 is 6.75. The van der Waals surface area contributed by atoms with Crippen LogP contribution in [0.1, 0.15) is 30.0 Å². The monoisotopic (exact) mass is 291 g/mol. The Labute approximate surface area is 122 Å². The smallest absolute Gasteiger partial charge is 0.117 e. The summed E-state index contributed by atoms with van der Waals surface area (Å²) < 4.78 is 0. The van der Waals surface area contributed by atoms with Crippen LogP contribution in [0.5, 0.6) is 0 Å². The molecule has 0 radical (unpaired) electrons. The summed E-state index contributed by atoms with van der Waals surface area (Å²) in [5.74, 6) is 0. The minimum absolute atomic E-state index is 0.261. The SMILES string of the molecule is Cc1ccc(NC(C)(C)c2nccs2)c(C(N)=S)c1. The summed E-state index contributed by atoms with van der Waals surface area (Å²) in [6, 6.07) is 6.06. The second kappa shape index (κ2) is 5.27. The number of thiocarbonyl (C=S) groups is 1. The van der Waals surface area contributed by atoms with E-state index >= 15 is 0 Å². The standard InChI is InChI=1S/C14H17N3S2/c1-9-4-5-11(10(8-9)12(15)18)17-14(2,3)13-16-6-7-19-13/h4-8,17H,1-3H3,(H2,15,18). The summed E-state index contributed by atoms with van der Waals surface area (Å²) in [5.41, 5.74) is 8.50. The van der Waals surface area contributed by atoms with E-state index in [2.05, 4.69) is 24.1 Å². The Kier molecular flexibility index (Phi) is 3.87. The van der Waals surface area contributed by atoms with Gasteiger partial charge in [-0.05, 0) is 32.9 Å². The van der Waals surface area contributed by atoms with Crippen LogP contribution in [0.3, 0.4) is 0 Å². The zero-order valence-corrected chi connectivity index (χ0v) is 12.9. The van der Waals surface area contributed by atoms with E-state index in [1.807, 2.05) is 36.7 Å². The molecular formula is C14H17N3S2. The van der Waals surface area contributed by atoms with E-state index in [9.17, 15) is 0 Å². The Morgan fingerprint density at radius 2 is 2.16 bits per heavy atom. The number of benzene rings is 1. The fourth-order valence-corrected chi connectivity index (χ4v) is 2.78. The third kappa shape index (κ3) is 3.11. The van der Waals surface area contributed by atoms with Crippen LogP contribution in [0.2, 0.25) is 0 Å². The molecule has 0 aliphatic rings. The second-order valence-corrected chi connectivity index (χ2v) is 6.33. The number of thiazole rings is 1. The van der Waals surface area contributed by atoms with Crippen molar-refractivity contribution >= 4 is 34.2 Å². The van der Waals surface area contributed by atoms with E-state index in [4.69, 9.17) is 18.0 Å². The molecule has 0 bridgehead atoms. The van der Waals surface area contributed by atoms with Gasteiger partial charge in [0.25, 0.3) is 0 Å². The van der Waals surface area contributed by atoms with Crippen LogP contribution in [0, 0.1) is 6.92 Å². The molecule has 0 aliphatic carbocycles. The maximum atomic E-state index is 5.80. The first-order chi connectivity index (χ1) is 8.90. The molecule has 1 heterocycles. The van der Waals surface area contributed by atoms with Gasteiger partial charge in [-0.15, -0.1) is 11.3 Å². The molecule has 2 aromatic rings. The van der Waals surface area contributed by atoms with Gasteiger partial charge >= 0.3 is 0 Å². The van der Waals surface area contributed by atoms with E-state index in [0.29, 0.717) is 4.99 Å². The lowest BCUT2D eigenvalue weighted by Gasteiger charge is -2.26. The van der Waals surface area contributed by atoms with Gasteiger partial charge in [-0.2, -0.15) is 0 Å². The highest BCUT2D eigenvalue weighted by Gasteiger charge is 2.24. The van der Waals surface area contributed by atoms with Gasteiger partial charge in [-0.3, -0.25) is 0 Å². The molecule has 0 amide bonds. The lowest BCUT2D eigenvalue weighted by molar-refractivity contribution is 0.604. The molecule has 1 aromatic heterocycles. The number of hydrogen-bond acceptors (Lipinski definition) is 4. The highest BCUT2D eigenvalue weighted by Crippen LogP contribution is 2.29. The van der Waals surface area contributed by atoms with Crippen LogP contribution in [0.4, 0.5) is 5.69 Å². The quantitative estimate of drug-likeness (QED) is 0.847. The van der Waals surface area contributed by atoms with Crippen molar-refractivity contribution in [3.05, 3.63) is 45.9 Å². The molecule has 0 saturated heterocycles. The molecule has 0 aliphatic heterocycles. The zero-order valence-electron chi connectivity index (χ0n) is 11.2. The summed E-state index contributed by atoms with van der Waals surface area (Å²) in [7, 11) is 0. The first kappa shape index (κ1) is 14.0. The van der Waals surface area contributed by atoms with Crippen LogP contribution in [-0.2, 0) is 5.54 Å². The van der Waals surface area contributed by atoms with Crippen molar-refractivity contribution in [2.45, 2.75) is 26.3 Å². The Balaban J connectivity index is 2.36. The highest BCUT2D eigenvalue weighted by molar-refractivity contribution is 7.80. The van der Waals surface area contributed by atoms with Crippen molar-refractivity contribution in [3.63, 3.8) is 0 Å². The highest BCUT2D eigenvalue weighted by atomic mass is 32.1. The molecule has 1 aromatic carbocycles. The summed E-state index contributed by atoms with van der Waals surface area (Å²) in [6.07, 6.45) is 1.81. The van der Waals surface area contributed by atoms with Gasteiger partial charge in [-0.25, -0.2) is 4.98 Å². The lowest BCUT2D eigenvalue weighted by Crippen LogP contribution is -2.29. The number of hydrogen-bond donors (Lipinski definition) is 2. The van der Waals surface area contributed by atoms with E-state index in [-0.39, 0.29) is 5.54 Å². The van der Waals surface area contributed by atoms with Gasteiger partial charge < -0.3 is 11.1 Å². The number of aromatic nitrogens is 1. The molecule has 0 fully saturated rings. The fraction of sp³-hybridized carbons (Fsp3) is 0.286. The van der Waals surface area contributed by atoms with E-state index in [1.165, 1.54) is 0 Å². The molecule has 2 rings (SSSR count). The van der Waals surface area contributed by atoms with Crippen molar-refractivity contribution in [2.75, 3.05) is 5.32 Å². The topological polar surface area (TPSA) is 50.9 Å². The number of nitrogens with one attached hydrogen (secondary N) is 1. The Bertz CT molecular complexity index is 589. The molecule has 0 saturated carbocycles. The number of aryl methyl sites for hydroxylation is 1. The molecule has 5 heteroatoms. The molecule has 19 heavy (non-hydrogen) atoms. The molecule has 0 spiro atoms. The first-order valence-electron chi connectivity index (χ1n) is 5.99. The number of rotatable bonds is 4. The molecule has 3 N–H and O–H groups in total. The third-order valence-corrected chi connectivity index (χ3v) is 4.17.